The van der Waals surface area contributed by atoms with Crippen molar-refractivity contribution in [1.29, 1.82) is 0 Å². The van der Waals surface area contributed by atoms with Gasteiger partial charge in [-0.3, -0.25) is 9.69 Å². The minimum Gasteiger partial charge on any atom is -0.478 e. The zero-order valence-electron chi connectivity index (χ0n) is 17.8. The average Bonchev–Trinajstić information content (AvgIpc) is 3.12. The van der Waals surface area contributed by atoms with Crippen LogP contribution in [0.15, 0.2) is 54.3 Å². The first kappa shape index (κ1) is 22.3. The van der Waals surface area contributed by atoms with Gasteiger partial charge in [-0.15, -0.1) is 0 Å². The molecule has 7 heteroatoms. The molecule has 0 radical (unpaired) electrons. The Hall–Kier alpha value is -2.50. The molecule has 0 aliphatic carbocycles. The second-order valence-electron chi connectivity index (χ2n) is 8.18. The number of aryl methyl sites for hydroxylation is 1. The minimum absolute atomic E-state index is 0.120. The van der Waals surface area contributed by atoms with Crippen molar-refractivity contribution in [3.8, 4) is 11.5 Å². The van der Waals surface area contributed by atoms with Crippen molar-refractivity contribution in [2.75, 3.05) is 13.3 Å². The average molecular weight is 501 g/mol. The van der Waals surface area contributed by atoms with E-state index in [1.807, 2.05) is 37.3 Å². The highest BCUT2D eigenvalue weighted by molar-refractivity contribution is 6.35. The van der Waals surface area contributed by atoms with Crippen molar-refractivity contribution < 1.29 is 14.3 Å². The first-order valence-corrected chi connectivity index (χ1v) is 11.7. The quantitative estimate of drug-likeness (QED) is 0.363. The van der Waals surface area contributed by atoms with Gasteiger partial charge in [0.1, 0.15) is 18.2 Å². The van der Waals surface area contributed by atoms with E-state index in [4.69, 9.17) is 44.3 Å². The first-order valence-electron chi connectivity index (χ1n) is 10.5. The highest BCUT2D eigenvalue weighted by atomic mass is 35.5. The molecule has 2 heterocycles. The lowest BCUT2D eigenvalue weighted by Gasteiger charge is -2.30. The number of ether oxygens (including phenoxy) is 2. The van der Waals surface area contributed by atoms with Gasteiger partial charge in [0.05, 0.1) is 11.1 Å². The number of nitrogens with zero attached hydrogens (tertiary/aromatic N) is 1. The van der Waals surface area contributed by atoms with Gasteiger partial charge in [0.2, 0.25) is 5.78 Å². The number of halogens is 3. The molecule has 0 saturated heterocycles. The molecule has 0 N–H and O–H groups in total. The van der Waals surface area contributed by atoms with E-state index in [1.54, 1.807) is 24.3 Å². The lowest BCUT2D eigenvalue weighted by molar-refractivity contribution is 0.0949. The van der Waals surface area contributed by atoms with Crippen LogP contribution in [0.5, 0.6) is 11.5 Å². The predicted molar refractivity (Wildman–Crippen MR) is 132 cm³/mol. The van der Waals surface area contributed by atoms with Crippen molar-refractivity contribution in [1.82, 2.24) is 4.90 Å². The maximum absolute atomic E-state index is 13.1. The molecule has 3 aromatic rings. The second kappa shape index (κ2) is 9.03. The number of rotatable bonds is 4. The van der Waals surface area contributed by atoms with Crippen LogP contribution < -0.4 is 9.47 Å². The molecule has 0 saturated carbocycles. The van der Waals surface area contributed by atoms with Crippen LogP contribution in [0.25, 0.3) is 6.08 Å². The molecule has 2 aliphatic rings. The van der Waals surface area contributed by atoms with E-state index in [0.717, 1.165) is 41.0 Å². The van der Waals surface area contributed by atoms with Crippen molar-refractivity contribution in [2.45, 2.75) is 19.9 Å². The lowest BCUT2D eigenvalue weighted by Crippen LogP contribution is -2.34. The Kier molecular flexibility index (Phi) is 6.11. The van der Waals surface area contributed by atoms with Crippen molar-refractivity contribution in [3.63, 3.8) is 0 Å². The molecule has 0 bridgehead atoms. The number of Topliss-reactive ketones (excluding diaryl/α,β-unsaturated/α-hetero) is 1. The molecule has 0 atom stereocenters. The maximum atomic E-state index is 13.1. The Bertz CT molecular complexity index is 1280. The van der Waals surface area contributed by atoms with Crippen LogP contribution >= 0.6 is 34.8 Å². The molecule has 4 nitrogen and oxygen atoms in total. The van der Waals surface area contributed by atoms with Crippen molar-refractivity contribution in [3.05, 3.63) is 97.2 Å². The number of carbonyl (C=O) groups is 1. The maximum Gasteiger partial charge on any atom is 0.232 e. The largest absolute Gasteiger partial charge is 0.478 e. The van der Waals surface area contributed by atoms with E-state index in [9.17, 15) is 4.79 Å². The Morgan fingerprint density at radius 3 is 2.55 bits per heavy atom. The van der Waals surface area contributed by atoms with Gasteiger partial charge in [0, 0.05) is 28.2 Å². The number of carbonyl (C=O) groups excluding carboxylic acids is 1. The van der Waals surface area contributed by atoms with Crippen LogP contribution in [0.1, 0.15) is 32.6 Å². The summed E-state index contributed by atoms with van der Waals surface area (Å²) in [6.45, 7) is 3.72. The predicted octanol–water partition coefficient (Wildman–Crippen LogP) is 6.97. The number of allylic oxidation sites excluding steroid dienone is 1. The number of benzene rings is 3. The fraction of sp³-hybridized carbons (Fsp3) is 0.192. The zero-order valence-corrected chi connectivity index (χ0v) is 20.1. The normalized spacial score (nSPS) is 16.4. The summed E-state index contributed by atoms with van der Waals surface area (Å²) in [6, 6.07) is 14.7. The van der Waals surface area contributed by atoms with Gasteiger partial charge in [-0.2, -0.15) is 0 Å². The Morgan fingerprint density at radius 1 is 1.03 bits per heavy atom. The summed E-state index contributed by atoms with van der Waals surface area (Å²) >= 11 is 18.3. The monoisotopic (exact) mass is 499 g/mol. The fourth-order valence-corrected chi connectivity index (χ4v) is 4.76. The number of ketones is 1. The van der Waals surface area contributed by atoms with Crippen LogP contribution in [0.3, 0.4) is 0 Å². The molecule has 0 aromatic heterocycles. The second-order valence-corrected chi connectivity index (χ2v) is 9.46. The van der Waals surface area contributed by atoms with Gasteiger partial charge >= 0.3 is 0 Å². The molecule has 0 unspecified atom stereocenters. The van der Waals surface area contributed by atoms with E-state index in [0.29, 0.717) is 45.4 Å². The highest BCUT2D eigenvalue weighted by Crippen LogP contribution is 2.44. The molecule has 33 heavy (non-hydrogen) atoms. The molecule has 2 aliphatic heterocycles. The van der Waals surface area contributed by atoms with E-state index in [1.165, 1.54) is 0 Å². The van der Waals surface area contributed by atoms with Gasteiger partial charge in [-0.25, -0.2) is 0 Å². The van der Waals surface area contributed by atoms with E-state index in [-0.39, 0.29) is 5.78 Å². The molecular formula is C26H20Cl3NO3. The van der Waals surface area contributed by atoms with Crippen molar-refractivity contribution in [2.24, 2.45) is 0 Å². The smallest absolute Gasteiger partial charge is 0.232 e. The molecule has 5 rings (SSSR count). The first-order chi connectivity index (χ1) is 15.9. The molecule has 0 spiro atoms. The summed E-state index contributed by atoms with van der Waals surface area (Å²) in [5, 5.41) is 1.92. The standard InChI is InChI=1S/C26H20Cl3NO3/c1-15-10-22-20(13-30(14-32-22)9-8-17-4-7-19(28)12-21(17)29)26-24(15)25(31)23(33-26)11-16-2-5-18(27)6-3-16/h2-7,10-12H,8-9,13-14H2,1H3/b23-11+. The Labute approximate surface area is 207 Å². The molecule has 0 amide bonds. The van der Waals surface area contributed by atoms with Gasteiger partial charge < -0.3 is 9.47 Å². The van der Waals surface area contributed by atoms with Crippen LogP contribution in [0, 0.1) is 6.92 Å². The third-order valence-electron chi connectivity index (χ3n) is 5.87. The van der Waals surface area contributed by atoms with E-state index >= 15 is 0 Å². The van der Waals surface area contributed by atoms with E-state index in [2.05, 4.69) is 4.90 Å². The van der Waals surface area contributed by atoms with Gasteiger partial charge in [-0.05, 0) is 66.4 Å². The van der Waals surface area contributed by atoms with Gasteiger partial charge in [-0.1, -0.05) is 53.0 Å². The van der Waals surface area contributed by atoms with Crippen LogP contribution in [0.2, 0.25) is 15.1 Å². The van der Waals surface area contributed by atoms with Crippen LogP contribution in [-0.4, -0.2) is 24.0 Å². The Balaban J connectivity index is 1.39. The van der Waals surface area contributed by atoms with Gasteiger partial charge in [0.25, 0.3) is 0 Å². The van der Waals surface area contributed by atoms with Gasteiger partial charge in [0.15, 0.2) is 5.76 Å². The summed E-state index contributed by atoms with van der Waals surface area (Å²) in [5.74, 6) is 1.52. The highest BCUT2D eigenvalue weighted by Gasteiger charge is 2.35. The summed E-state index contributed by atoms with van der Waals surface area (Å²) < 4.78 is 12.1. The third kappa shape index (κ3) is 4.49. The summed E-state index contributed by atoms with van der Waals surface area (Å²) in [5.41, 5.74) is 4.20. The lowest BCUT2D eigenvalue weighted by atomic mass is 9.98. The minimum atomic E-state index is -0.120. The molecule has 168 valence electrons. The third-order valence-corrected chi connectivity index (χ3v) is 6.71. The topological polar surface area (TPSA) is 38.8 Å². The molecule has 3 aromatic carbocycles. The Morgan fingerprint density at radius 2 is 1.79 bits per heavy atom. The number of fused-ring (bicyclic) bond motifs is 3. The fourth-order valence-electron chi connectivity index (χ4n) is 4.13. The zero-order chi connectivity index (χ0) is 23.1. The summed E-state index contributed by atoms with van der Waals surface area (Å²) in [6.07, 6.45) is 2.50. The summed E-state index contributed by atoms with van der Waals surface area (Å²) in [7, 11) is 0. The number of hydrogen-bond donors (Lipinski definition) is 0. The van der Waals surface area contributed by atoms with Crippen LogP contribution in [-0.2, 0) is 13.0 Å². The SMILES string of the molecule is Cc1cc2c(c3c1C(=O)/C(=C\c1ccc(Cl)cc1)O3)CN(CCc1ccc(Cl)cc1Cl)CO2. The molecular weight excluding hydrogens is 481 g/mol. The number of hydrogen-bond acceptors (Lipinski definition) is 4. The summed E-state index contributed by atoms with van der Waals surface area (Å²) in [4.78, 5) is 15.3. The molecule has 0 fully saturated rings. The van der Waals surface area contributed by atoms with Crippen LogP contribution in [0.4, 0.5) is 0 Å². The van der Waals surface area contributed by atoms with E-state index < -0.39 is 0 Å². The van der Waals surface area contributed by atoms with Crippen molar-refractivity contribution >= 4 is 46.7 Å².